The van der Waals surface area contributed by atoms with Gasteiger partial charge in [-0.05, 0) is 48.9 Å². The van der Waals surface area contributed by atoms with Gasteiger partial charge in [0.25, 0.3) is 0 Å². The number of hydrogen-bond acceptors (Lipinski definition) is 0. The van der Waals surface area contributed by atoms with Crippen molar-refractivity contribution < 1.29 is 0 Å². The molecule has 0 aliphatic carbocycles. The number of rotatable bonds is 14. The maximum Gasteiger partial charge on any atom is -0.0209 e. The molecule has 0 fully saturated rings. The van der Waals surface area contributed by atoms with Crippen molar-refractivity contribution in [3.8, 4) is 0 Å². The van der Waals surface area contributed by atoms with Crippen molar-refractivity contribution in [3.63, 3.8) is 0 Å². The second-order valence-corrected chi connectivity index (χ2v) is 8.96. The van der Waals surface area contributed by atoms with E-state index >= 15 is 0 Å². The first-order valence-corrected chi connectivity index (χ1v) is 11.1. The first-order chi connectivity index (χ1) is 11.7. The van der Waals surface area contributed by atoms with Crippen LogP contribution in [0.3, 0.4) is 0 Å². The molecule has 6 unspecified atom stereocenters. The average Bonchev–Trinajstić information content (AvgIpc) is 2.59. The molecule has 25 heavy (non-hydrogen) atoms. The number of hydrogen-bond donors (Lipinski definition) is 0. The Morgan fingerprint density at radius 1 is 0.920 bits per heavy atom. The van der Waals surface area contributed by atoms with Crippen molar-refractivity contribution in [3.05, 3.63) is 24.3 Å². The van der Waals surface area contributed by atoms with Crippen LogP contribution in [0.4, 0.5) is 0 Å². The highest BCUT2D eigenvalue weighted by Gasteiger charge is 2.21. The minimum absolute atomic E-state index is 0.654. The fourth-order valence-electron chi connectivity index (χ4n) is 3.80. The molecule has 0 rings (SSSR count). The van der Waals surface area contributed by atoms with Crippen molar-refractivity contribution in [1.29, 1.82) is 0 Å². The zero-order valence-electron chi connectivity index (χ0n) is 18.8. The minimum Gasteiger partial charge on any atom is -0.0999 e. The summed E-state index contributed by atoms with van der Waals surface area (Å²) in [6.07, 6.45) is 14.3. The molecule has 0 heterocycles. The molecule has 0 aromatic rings. The zero-order chi connectivity index (χ0) is 19.4. The Kier molecular flexibility index (Phi) is 13.4. The second-order valence-electron chi connectivity index (χ2n) is 8.96. The summed E-state index contributed by atoms with van der Waals surface area (Å²) in [6, 6.07) is 0. The smallest absolute Gasteiger partial charge is 0.0209 e. The molecular formula is C25H48. The fraction of sp³-hybridized carbons (Fsp3) is 0.840. The lowest BCUT2D eigenvalue weighted by Gasteiger charge is -2.28. The Balaban J connectivity index is 4.05. The van der Waals surface area contributed by atoms with E-state index < -0.39 is 0 Å². The van der Waals surface area contributed by atoms with E-state index in [0.29, 0.717) is 5.92 Å². The van der Waals surface area contributed by atoms with Crippen LogP contribution in [0.2, 0.25) is 0 Å². The first-order valence-electron chi connectivity index (χ1n) is 11.1. The van der Waals surface area contributed by atoms with Crippen LogP contribution < -0.4 is 0 Å². The SMILES string of the molecule is C=C(C)C(C)C(C)C(CC)CCCCC(C)CC=CC(C)C(C)CC. The Morgan fingerprint density at radius 3 is 2.04 bits per heavy atom. The molecule has 0 aromatic heterocycles. The summed E-state index contributed by atoms with van der Waals surface area (Å²) in [4.78, 5) is 0. The van der Waals surface area contributed by atoms with Crippen molar-refractivity contribution in [1.82, 2.24) is 0 Å². The Morgan fingerprint density at radius 2 is 1.52 bits per heavy atom. The molecule has 0 saturated heterocycles. The third kappa shape index (κ3) is 10.3. The van der Waals surface area contributed by atoms with Crippen LogP contribution in [0, 0.1) is 35.5 Å². The fourth-order valence-corrected chi connectivity index (χ4v) is 3.80. The summed E-state index contributed by atoms with van der Waals surface area (Å²) in [5.41, 5.74) is 1.35. The molecule has 6 atom stereocenters. The summed E-state index contributed by atoms with van der Waals surface area (Å²) in [6.45, 7) is 22.9. The van der Waals surface area contributed by atoms with Gasteiger partial charge < -0.3 is 0 Å². The number of allylic oxidation sites excluding steroid dienone is 3. The van der Waals surface area contributed by atoms with E-state index in [1.54, 1.807) is 0 Å². The summed E-state index contributed by atoms with van der Waals surface area (Å²) in [5.74, 6) is 4.64. The zero-order valence-corrected chi connectivity index (χ0v) is 18.8. The van der Waals surface area contributed by atoms with Gasteiger partial charge in [-0.15, -0.1) is 0 Å². The molecule has 0 amide bonds. The predicted octanol–water partition coefficient (Wildman–Crippen LogP) is 8.69. The molecule has 0 N–H and O–H groups in total. The highest BCUT2D eigenvalue weighted by Crippen LogP contribution is 2.31. The first kappa shape index (κ1) is 24.5. The summed E-state index contributed by atoms with van der Waals surface area (Å²) in [7, 11) is 0. The largest absolute Gasteiger partial charge is 0.0999 e. The van der Waals surface area contributed by atoms with E-state index in [-0.39, 0.29) is 0 Å². The molecule has 0 spiro atoms. The summed E-state index contributed by atoms with van der Waals surface area (Å²) in [5, 5.41) is 0. The molecule has 0 saturated carbocycles. The highest BCUT2D eigenvalue weighted by molar-refractivity contribution is 4.97. The monoisotopic (exact) mass is 348 g/mol. The molecule has 0 aliphatic rings. The van der Waals surface area contributed by atoms with Gasteiger partial charge in [0.05, 0.1) is 0 Å². The second kappa shape index (κ2) is 13.7. The minimum atomic E-state index is 0.654. The van der Waals surface area contributed by atoms with E-state index in [9.17, 15) is 0 Å². The maximum absolute atomic E-state index is 4.16. The van der Waals surface area contributed by atoms with Gasteiger partial charge in [0.1, 0.15) is 0 Å². The Hall–Kier alpha value is -0.520. The van der Waals surface area contributed by atoms with Crippen molar-refractivity contribution >= 4 is 0 Å². The molecule has 0 radical (unpaired) electrons. The van der Waals surface area contributed by atoms with Gasteiger partial charge in [0.15, 0.2) is 0 Å². The Labute approximate surface area is 160 Å². The third-order valence-corrected chi connectivity index (χ3v) is 6.88. The summed E-state index contributed by atoms with van der Waals surface area (Å²) < 4.78 is 0. The van der Waals surface area contributed by atoms with Crippen LogP contribution in [-0.2, 0) is 0 Å². The van der Waals surface area contributed by atoms with Gasteiger partial charge in [-0.2, -0.15) is 0 Å². The van der Waals surface area contributed by atoms with Crippen molar-refractivity contribution in [2.45, 2.75) is 100 Å². The molecule has 0 nitrogen and oxygen atoms in total. The lowest BCUT2D eigenvalue weighted by molar-refractivity contribution is 0.257. The van der Waals surface area contributed by atoms with Crippen LogP contribution in [0.15, 0.2) is 24.3 Å². The topological polar surface area (TPSA) is 0 Å². The van der Waals surface area contributed by atoms with E-state index in [1.165, 1.54) is 50.5 Å². The summed E-state index contributed by atoms with van der Waals surface area (Å²) >= 11 is 0. The molecule has 0 bridgehead atoms. The predicted molar refractivity (Wildman–Crippen MR) is 117 cm³/mol. The average molecular weight is 349 g/mol. The maximum atomic E-state index is 4.16. The van der Waals surface area contributed by atoms with Gasteiger partial charge in [0.2, 0.25) is 0 Å². The van der Waals surface area contributed by atoms with Gasteiger partial charge in [-0.3, -0.25) is 0 Å². The molecule has 0 aliphatic heterocycles. The lowest BCUT2D eigenvalue weighted by Crippen LogP contribution is -2.19. The van der Waals surface area contributed by atoms with Gasteiger partial charge in [-0.1, -0.05) is 111 Å². The van der Waals surface area contributed by atoms with E-state index in [0.717, 1.165) is 29.6 Å². The van der Waals surface area contributed by atoms with E-state index in [4.69, 9.17) is 0 Å². The van der Waals surface area contributed by atoms with E-state index in [1.807, 2.05) is 0 Å². The lowest BCUT2D eigenvalue weighted by atomic mass is 9.77. The third-order valence-electron chi connectivity index (χ3n) is 6.88. The molecule has 148 valence electrons. The van der Waals surface area contributed by atoms with Crippen LogP contribution >= 0.6 is 0 Å². The van der Waals surface area contributed by atoms with Crippen LogP contribution in [0.25, 0.3) is 0 Å². The van der Waals surface area contributed by atoms with E-state index in [2.05, 4.69) is 74.1 Å². The normalized spacial score (nSPS) is 19.4. The number of unbranched alkanes of at least 4 members (excludes halogenated alkanes) is 1. The van der Waals surface area contributed by atoms with Crippen LogP contribution in [-0.4, -0.2) is 0 Å². The van der Waals surface area contributed by atoms with Gasteiger partial charge in [0, 0.05) is 0 Å². The van der Waals surface area contributed by atoms with Crippen LogP contribution in [0.5, 0.6) is 0 Å². The van der Waals surface area contributed by atoms with Crippen molar-refractivity contribution in [2.24, 2.45) is 35.5 Å². The molecule has 0 aromatic carbocycles. The molecular weight excluding hydrogens is 300 g/mol. The van der Waals surface area contributed by atoms with Gasteiger partial charge in [-0.25, -0.2) is 0 Å². The standard InChI is InChI=1S/C25H48/c1-10-21(6)22(7)17-14-16-20(5)15-12-13-18-25(11-2)24(9)23(8)19(3)4/h14,17,20-25H,3,10-13,15-16,18H2,1-2,4-9H3. The Bertz CT molecular complexity index is 364. The molecule has 0 heteroatoms. The van der Waals surface area contributed by atoms with Crippen LogP contribution in [0.1, 0.15) is 100 Å². The van der Waals surface area contributed by atoms with Gasteiger partial charge >= 0.3 is 0 Å². The highest BCUT2D eigenvalue weighted by atomic mass is 14.3. The van der Waals surface area contributed by atoms with Crippen molar-refractivity contribution in [2.75, 3.05) is 0 Å². The quantitative estimate of drug-likeness (QED) is 0.217.